The van der Waals surface area contributed by atoms with Crippen molar-refractivity contribution in [3.63, 3.8) is 0 Å². The minimum atomic E-state index is -3.16. The van der Waals surface area contributed by atoms with Gasteiger partial charge in [0.25, 0.3) is 0 Å². The van der Waals surface area contributed by atoms with Crippen molar-refractivity contribution in [3.05, 3.63) is 35.5 Å². The van der Waals surface area contributed by atoms with Gasteiger partial charge >= 0.3 is 0 Å². The Morgan fingerprint density at radius 3 is 2.80 bits per heavy atom. The molecule has 3 N–H and O–H groups in total. The summed E-state index contributed by atoms with van der Waals surface area (Å²) in [5, 5.41) is 4.47. The fourth-order valence-corrected chi connectivity index (χ4v) is 2.59. The molecule has 0 aliphatic rings. The number of H-pyrrole nitrogens is 1. The molecule has 1 aromatic heterocycles. The first-order valence-electron chi connectivity index (χ1n) is 6.74. The van der Waals surface area contributed by atoms with E-state index < -0.39 is 10.0 Å². The van der Waals surface area contributed by atoms with Gasteiger partial charge in [0.2, 0.25) is 10.0 Å². The van der Waals surface area contributed by atoms with Crippen molar-refractivity contribution in [2.24, 2.45) is 0 Å². The molecule has 0 saturated carbocycles. The fraction of sp³-hybridized carbons (Fsp3) is 0.429. The first kappa shape index (κ1) is 15.0. The second kappa shape index (κ2) is 6.39. The molecule has 0 atom stereocenters. The van der Waals surface area contributed by atoms with Crippen molar-refractivity contribution in [1.29, 1.82) is 0 Å². The van der Waals surface area contributed by atoms with Crippen LogP contribution in [0, 0.1) is 0 Å². The standard InChI is InChI=1S/C14H21N3O2S/c1-3-15-7-6-12-10-16-14-5-4-11(8-13(12)14)9-17-20(2,18)19/h4-5,8,10,15-17H,3,6-7,9H2,1-2H3. The molecule has 0 amide bonds. The Morgan fingerprint density at radius 1 is 1.30 bits per heavy atom. The van der Waals surface area contributed by atoms with Gasteiger partial charge in [-0.3, -0.25) is 0 Å². The summed E-state index contributed by atoms with van der Waals surface area (Å²) in [6, 6.07) is 5.97. The number of fused-ring (bicyclic) bond motifs is 1. The van der Waals surface area contributed by atoms with Gasteiger partial charge < -0.3 is 10.3 Å². The lowest BCUT2D eigenvalue weighted by atomic mass is 10.1. The van der Waals surface area contributed by atoms with Crippen LogP contribution in [0.2, 0.25) is 0 Å². The van der Waals surface area contributed by atoms with E-state index in [1.54, 1.807) is 0 Å². The molecule has 0 aliphatic heterocycles. The van der Waals surface area contributed by atoms with Gasteiger partial charge in [-0.15, -0.1) is 0 Å². The molecule has 2 aromatic rings. The largest absolute Gasteiger partial charge is 0.361 e. The molecule has 0 unspecified atom stereocenters. The highest BCUT2D eigenvalue weighted by molar-refractivity contribution is 7.88. The third-order valence-electron chi connectivity index (χ3n) is 3.19. The molecule has 1 aromatic carbocycles. The van der Waals surface area contributed by atoms with E-state index >= 15 is 0 Å². The van der Waals surface area contributed by atoms with E-state index in [2.05, 4.69) is 21.9 Å². The maximum atomic E-state index is 11.1. The van der Waals surface area contributed by atoms with Crippen LogP contribution < -0.4 is 10.0 Å². The highest BCUT2D eigenvalue weighted by Crippen LogP contribution is 2.20. The summed E-state index contributed by atoms with van der Waals surface area (Å²) in [7, 11) is -3.16. The Hall–Kier alpha value is -1.37. The third-order valence-corrected chi connectivity index (χ3v) is 3.86. The van der Waals surface area contributed by atoms with Crippen molar-refractivity contribution in [3.8, 4) is 0 Å². The normalized spacial score (nSPS) is 12.1. The summed E-state index contributed by atoms with van der Waals surface area (Å²) in [4.78, 5) is 3.25. The number of aromatic amines is 1. The number of hydrogen-bond acceptors (Lipinski definition) is 3. The molecule has 5 nitrogen and oxygen atoms in total. The lowest BCUT2D eigenvalue weighted by molar-refractivity contribution is 0.587. The fourth-order valence-electron chi connectivity index (χ4n) is 2.16. The average Bonchev–Trinajstić information content (AvgIpc) is 2.79. The molecule has 0 fully saturated rings. The summed E-state index contributed by atoms with van der Waals surface area (Å²) in [5.41, 5.74) is 3.30. The van der Waals surface area contributed by atoms with E-state index in [1.807, 2.05) is 24.4 Å². The van der Waals surface area contributed by atoms with Gasteiger partial charge in [-0.25, -0.2) is 13.1 Å². The number of benzene rings is 1. The predicted octanol–water partition coefficient (Wildman–Crippen LogP) is 1.37. The van der Waals surface area contributed by atoms with E-state index in [9.17, 15) is 8.42 Å². The highest BCUT2D eigenvalue weighted by atomic mass is 32.2. The van der Waals surface area contributed by atoms with Crippen LogP contribution in [0.25, 0.3) is 10.9 Å². The second-order valence-electron chi connectivity index (χ2n) is 4.89. The van der Waals surface area contributed by atoms with E-state index in [4.69, 9.17) is 0 Å². The minimum Gasteiger partial charge on any atom is -0.361 e. The molecule has 110 valence electrons. The Balaban J connectivity index is 2.16. The van der Waals surface area contributed by atoms with Crippen molar-refractivity contribution in [1.82, 2.24) is 15.0 Å². The first-order valence-corrected chi connectivity index (χ1v) is 8.63. The SMILES string of the molecule is CCNCCc1c[nH]c2ccc(CNS(C)(=O)=O)cc12. The molecule has 1 heterocycles. The van der Waals surface area contributed by atoms with Crippen LogP contribution in [-0.4, -0.2) is 32.7 Å². The van der Waals surface area contributed by atoms with Crippen molar-refractivity contribution in [2.45, 2.75) is 19.9 Å². The summed E-state index contributed by atoms with van der Waals surface area (Å²) < 4.78 is 24.8. The Bertz CT molecular complexity index is 677. The number of hydrogen-bond donors (Lipinski definition) is 3. The van der Waals surface area contributed by atoms with Crippen LogP contribution in [0.1, 0.15) is 18.1 Å². The molecular weight excluding hydrogens is 274 g/mol. The van der Waals surface area contributed by atoms with Crippen LogP contribution in [0.15, 0.2) is 24.4 Å². The van der Waals surface area contributed by atoms with E-state index in [0.717, 1.165) is 36.0 Å². The highest BCUT2D eigenvalue weighted by Gasteiger charge is 2.06. The maximum absolute atomic E-state index is 11.1. The molecule has 20 heavy (non-hydrogen) atoms. The Labute approximate surface area is 119 Å². The van der Waals surface area contributed by atoms with Crippen LogP contribution in [0.5, 0.6) is 0 Å². The zero-order valence-corrected chi connectivity index (χ0v) is 12.7. The van der Waals surface area contributed by atoms with Crippen molar-refractivity contribution in [2.75, 3.05) is 19.3 Å². The smallest absolute Gasteiger partial charge is 0.209 e. The van der Waals surface area contributed by atoms with Gasteiger partial charge in [-0.1, -0.05) is 13.0 Å². The predicted molar refractivity (Wildman–Crippen MR) is 82.2 cm³/mol. The summed E-state index contributed by atoms with van der Waals surface area (Å²) in [6.07, 6.45) is 4.15. The second-order valence-corrected chi connectivity index (χ2v) is 6.72. The number of nitrogens with one attached hydrogen (secondary N) is 3. The molecule has 0 bridgehead atoms. The van der Waals surface area contributed by atoms with Crippen molar-refractivity contribution >= 4 is 20.9 Å². The summed E-state index contributed by atoms with van der Waals surface area (Å²) >= 11 is 0. The van der Waals surface area contributed by atoms with Gasteiger partial charge in [-0.05, 0) is 42.8 Å². The van der Waals surface area contributed by atoms with Crippen LogP contribution in [-0.2, 0) is 23.0 Å². The zero-order chi connectivity index (χ0) is 14.6. The average molecular weight is 295 g/mol. The first-order chi connectivity index (χ1) is 9.49. The van der Waals surface area contributed by atoms with E-state index in [-0.39, 0.29) is 0 Å². The molecule has 0 radical (unpaired) electrons. The summed E-state index contributed by atoms with van der Waals surface area (Å²) in [5.74, 6) is 0. The lowest BCUT2D eigenvalue weighted by Crippen LogP contribution is -2.21. The van der Waals surface area contributed by atoms with Gasteiger partial charge in [0.05, 0.1) is 6.26 Å². The number of sulfonamides is 1. The summed E-state index contributed by atoms with van der Waals surface area (Å²) in [6.45, 7) is 4.32. The molecule has 2 rings (SSSR count). The molecule has 6 heteroatoms. The van der Waals surface area contributed by atoms with Crippen LogP contribution in [0.4, 0.5) is 0 Å². The molecular formula is C14H21N3O2S. The number of likely N-dealkylation sites (N-methyl/N-ethyl adjacent to an activating group) is 1. The Kier molecular flexibility index (Phi) is 4.80. The third kappa shape index (κ3) is 4.06. The van der Waals surface area contributed by atoms with Gasteiger partial charge in [0.1, 0.15) is 0 Å². The quantitative estimate of drug-likeness (QED) is 0.675. The topological polar surface area (TPSA) is 74.0 Å². The van der Waals surface area contributed by atoms with Crippen LogP contribution in [0.3, 0.4) is 0 Å². The lowest BCUT2D eigenvalue weighted by Gasteiger charge is -2.04. The minimum absolute atomic E-state index is 0.326. The van der Waals surface area contributed by atoms with Gasteiger partial charge in [-0.2, -0.15) is 0 Å². The molecule has 0 spiro atoms. The Morgan fingerprint density at radius 2 is 2.10 bits per heavy atom. The van der Waals surface area contributed by atoms with Crippen molar-refractivity contribution < 1.29 is 8.42 Å². The zero-order valence-electron chi connectivity index (χ0n) is 11.9. The van der Waals surface area contributed by atoms with Gasteiger partial charge in [0, 0.05) is 23.6 Å². The number of rotatable bonds is 7. The maximum Gasteiger partial charge on any atom is 0.209 e. The monoisotopic (exact) mass is 295 g/mol. The molecule has 0 aliphatic carbocycles. The number of aromatic nitrogens is 1. The van der Waals surface area contributed by atoms with Crippen LogP contribution >= 0.6 is 0 Å². The molecule has 0 saturated heterocycles. The van der Waals surface area contributed by atoms with E-state index in [0.29, 0.717) is 6.54 Å². The van der Waals surface area contributed by atoms with E-state index in [1.165, 1.54) is 11.8 Å². The van der Waals surface area contributed by atoms with Gasteiger partial charge in [0.15, 0.2) is 0 Å².